The van der Waals surface area contributed by atoms with E-state index in [0.29, 0.717) is 18.3 Å². The molecule has 2 aromatic rings. The minimum absolute atomic E-state index is 0.206. The first-order valence-corrected chi connectivity index (χ1v) is 5.48. The van der Waals surface area contributed by atoms with Crippen molar-refractivity contribution < 1.29 is 8.81 Å². The van der Waals surface area contributed by atoms with Crippen LogP contribution in [0.15, 0.2) is 28.7 Å². The first-order valence-electron chi connectivity index (χ1n) is 5.48. The highest BCUT2D eigenvalue weighted by molar-refractivity contribution is 5.16. The second-order valence-electron chi connectivity index (χ2n) is 3.77. The van der Waals surface area contributed by atoms with Crippen LogP contribution in [0.25, 0.3) is 0 Å². The molecule has 0 aliphatic rings. The highest BCUT2D eigenvalue weighted by Crippen LogP contribution is 2.03. The fraction of sp³-hybridized carbons (Fsp3) is 0.333. The van der Waals surface area contributed by atoms with Gasteiger partial charge in [-0.15, -0.1) is 10.2 Å². The molecule has 1 aromatic carbocycles. The van der Waals surface area contributed by atoms with Crippen molar-refractivity contribution in [2.75, 3.05) is 6.54 Å². The molecule has 0 saturated heterocycles. The SMILES string of the molecule is Cc1nnc(CNCCc2ccc(F)cc2)o1. The van der Waals surface area contributed by atoms with E-state index in [1.807, 2.05) is 0 Å². The standard InChI is InChI=1S/C12H14FN3O/c1-9-15-16-12(17-9)8-14-7-6-10-2-4-11(13)5-3-10/h2-5,14H,6-8H2,1H3. The predicted octanol–water partition coefficient (Wildman–Crippen LogP) is 1.85. The van der Waals surface area contributed by atoms with E-state index in [1.165, 1.54) is 12.1 Å². The van der Waals surface area contributed by atoms with Crippen molar-refractivity contribution in [1.29, 1.82) is 0 Å². The third kappa shape index (κ3) is 3.64. The Kier molecular flexibility index (Phi) is 3.82. The van der Waals surface area contributed by atoms with Gasteiger partial charge in [0.05, 0.1) is 6.54 Å². The second-order valence-corrected chi connectivity index (χ2v) is 3.77. The van der Waals surface area contributed by atoms with Gasteiger partial charge in [-0.2, -0.15) is 0 Å². The van der Waals surface area contributed by atoms with Crippen molar-refractivity contribution in [1.82, 2.24) is 15.5 Å². The molecule has 4 nitrogen and oxygen atoms in total. The lowest BCUT2D eigenvalue weighted by molar-refractivity contribution is 0.448. The van der Waals surface area contributed by atoms with Crippen molar-refractivity contribution in [3.63, 3.8) is 0 Å². The maximum atomic E-state index is 12.7. The maximum absolute atomic E-state index is 12.7. The predicted molar refractivity (Wildman–Crippen MR) is 60.8 cm³/mol. The minimum Gasteiger partial charge on any atom is -0.424 e. The fourth-order valence-corrected chi connectivity index (χ4v) is 1.49. The summed E-state index contributed by atoms with van der Waals surface area (Å²) in [4.78, 5) is 0. The summed E-state index contributed by atoms with van der Waals surface area (Å²) in [7, 11) is 0. The Morgan fingerprint density at radius 3 is 2.65 bits per heavy atom. The van der Waals surface area contributed by atoms with Gasteiger partial charge in [-0.05, 0) is 30.7 Å². The van der Waals surface area contributed by atoms with E-state index < -0.39 is 0 Å². The lowest BCUT2D eigenvalue weighted by Gasteiger charge is -2.02. The number of nitrogens with one attached hydrogen (secondary N) is 1. The normalized spacial score (nSPS) is 10.7. The lowest BCUT2D eigenvalue weighted by Crippen LogP contribution is -2.16. The molecule has 0 radical (unpaired) electrons. The van der Waals surface area contributed by atoms with E-state index in [2.05, 4.69) is 15.5 Å². The quantitative estimate of drug-likeness (QED) is 0.803. The number of benzene rings is 1. The Balaban J connectivity index is 1.71. The molecule has 2 rings (SSSR count). The summed E-state index contributed by atoms with van der Waals surface area (Å²) >= 11 is 0. The zero-order valence-corrected chi connectivity index (χ0v) is 9.61. The van der Waals surface area contributed by atoms with Crippen LogP contribution in [-0.2, 0) is 13.0 Å². The van der Waals surface area contributed by atoms with Gasteiger partial charge in [0.2, 0.25) is 11.8 Å². The van der Waals surface area contributed by atoms with Gasteiger partial charge in [-0.25, -0.2) is 4.39 Å². The first kappa shape index (κ1) is 11.7. The van der Waals surface area contributed by atoms with Crippen LogP contribution in [-0.4, -0.2) is 16.7 Å². The molecule has 0 amide bonds. The highest BCUT2D eigenvalue weighted by atomic mass is 19.1. The van der Waals surface area contributed by atoms with Gasteiger partial charge in [0, 0.05) is 6.92 Å². The van der Waals surface area contributed by atoms with Crippen LogP contribution in [0.1, 0.15) is 17.3 Å². The van der Waals surface area contributed by atoms with E-state index in [0.717, 1.165) is 18.5 Å². The monoisotopic (exact) mass is 235 g/mol. The van der Waals surface area contributed by atoms with Gasteiger partial charge in [0.1, 0.15) is 5.82 Å². The van der Waals surface area contributed by atoms with E-state index in [-0.39, 0.29) is 5.82 Å². The fourth-order valence-electron chi connectivity index (χ4n) is 1.49. The van der Waals surface area contributed by atoms with Gasteiger partial charge < -0.3 is 9.73 Å². The molecule has 5 heteroatoms. The average Bonchev–Trinajstić information content (AvgIpc) is 2.73. The number of hydrogen-bond acceptors (Lipinski definition) is 4. The van der Waals surface area contributed by atoms with Crippen LogP contribution in [0.3, 0.4) is 0 Å². The summed E-state index contributed by atoms with van der Waals surface area (Å²) in [5.41, 5.74) is 1.10. The zero-order chi connectivity index (χ0) is 12.1. The van der Waals surface area contributed by atoms with Crippen molar-refractivity contribution >= 4 is 0 Å². The number of hydrogen-bond donors (Lipinski definition) is 1. The molecule has 0 spiro atoms. The van der Waals surface area contributed by atoms with Crippen molar-refractivity contribution in [3.8, 4) is 0 Å². The molecule has 0 atom stereocenters. The molecule has 0 bridgehead atoms. The van der Waals surface area contributed by atoms with Crippen LogP contribution >= 0.6 is 0 Å². The summed E-state index contributed by atoms with van der Waals surface area (Å²) in [5, 5.41) is 10.8. The molecule has 17 heavy (non-hydrogen) atoms. The third-order valence-corrected chi connectivity index (χ3v) is 2.35. The Morgan fingerprint density at radius 2 is 2.00 bits per heavy atom. The summed E-state index contributed by atoms with van der Waals surface area (Å²) in [6, 6.07) is 6.51. The topological polar surface area (TPSA) is 51.0 Å². The molecule has 0 unspecified atom stereocenters. The number of rotatable bonds is 5. The molecule has 1 heterocycles. The van der Waals surface area contributed by atoms with Crippen LogP contribution in [0, 0.1) is 12.7 Å². The molecular weight excluding hydrogens is 221 g/mol. The zero-order valence-electron chi connectivity index (χ0n) is 9.61. The van der Waals surface area contributed by atoms with Gasteiger partial charge in [0.15, 0.2) is 0 Å². The molecular formula is C12H14FN3O. The van der Waals surface area contributed by atoms with Gasteiger partial charge in [-0.1, -0.05) is 12.1 Å². The van der Waals surface area contributed by atoms with Crippen LogP contribution in [0.5, 0.6) is 0 Å². The molecule has 1 aromatic heterocycles. The molecule has 90 valence electrons. The smallest absolute Gasteiger partial charge is 0.230 e. The highest BCUT2D eigenvalue weighted by Gasteiger charge is 2.00. The first-order chi connectivity index (χ1) is 8.24. The number of nitrogens with zero attached hydrogens (tertiary/aromatic N) is 2. The molecule has 1 N–H and O–H groups in total. The second kappa shape index (κ2) is 5.54. The number of aromatic nitrogens is 2. The molecule has 0 saturated carbocycles. The summed E-state index contributed by atoms with van der Waals surface area (Å²) in [6.45, 7) is 3.10. The van der Waals surface area contributed by atoms with E-state index in [1.54, 1.807) is 19.1 Å². The third-order valence-electron chi connectivity index (χ3n) is 2.35. The van der Waals surface area contributed by atoms with Gasteiger partial charge in [-0.3, -0.25) is 0 Å². The maximum Gasteiger partial charge on any atom is 0.230 e. The lowest BCUT2D eigenvalue weighted by atomic mass is 10.1. The molecule has 0 fully saturated rings. The molecule has 0 aliphatic heterocycles. The van der Waals surface area contributed by atoms with Crippen molar-refractivity contribution in [2.45, 2.75) is 19.9 Å². The van der Waals surface area contributed by atoms with Crippen LogP contribution < -0.4 is 5.32 Å². The van der Waals surface area contributed by atoms with Crippen molar-refractivity contribution in [2.24, 2.45) is 0 Å². The van der Waals surface area contributed by atoms with Crippen molar-refractivity contribution in [3.05, 3.63) is 47.4 Å². The Morgan fingerprint density at radius 1 is 1.24 bits per heavy atom. The Hall–Kier alpha value is -1.75. The minimum atomic E-state index is -0.206. The summed E-state index contributed by atoms with van der Waals surface area (Å²) < 4.78 is 17.9. The summed E-state index contributed by atoms with van der Waals surface area (Å²) in [5.74, 6) is 0.949. The van der Waals surface area contributed by atoms with E-state index in [4.69, 9.17) is 4.42 Å². The number of halogens is 1. The Bertz CT molecular complexity index is 467. The summed E-state index contributed by atoms with van der Waals surface area (Å²) in [6.07, 6.45) is 0.841. The molecule has 0 aliphatic carbocycles. The average molecular weight is 235 g/mol. The van der Waals surface area contributed by atoms with Gasteiger partial charge in [0.25, 0.3) is 0 Å². The van der Waals surface area contributed by atoms with Gasteiger partial charge >= 0.3 is 0 Å². The van der Waals surface area contributed by atoms with Crippen LogP contribution in [0.2, 0.25) is 0 Å². The van der Waals surface area contributed by atoms with Crippen LogP contribution in [0.4, 0.5) is 4.39 Å². The largest absolute Gasteiger partial charge is 0.424 e. The number of aryl methyl sites for hydroxylation is 1. The Labute approximate surface area is 98.9 Å². The van der Waals surface area contributed by atoms with E-state index in [9.17, 15) is 4.39 Å². The van der Waals surface area contributed by atoms with E-state index >= 15 is 0 Å².